The van der Waals surface area contributed by atoms with Crippen LogP contribution < -0.4 is 0 Å². The highest BCUT2D eigenvalue weighted by Crippen LogP contribution is 2.34. The highest BCUT2D eigenvalue weighted by molar-refractivity contribution is 5.87. The molecule has 82 valence electrons. The fraction of sp³-hybridized carbons (Fsp3) is 0.583. The molecule has 0 spiro atoms. The van der Waals surface area contributed by atoms with Crippen LogP contribution in [0.1, 0.15) is 54.6 Å². The van der Waals surface area contributed by atoms with Crippen LogP contribution in [0.25, 0.3) is 0 Å². The predicted molar refractivity (Wildman–Crippen MR) is 58.0 cm³/mol. The van der Waals surface area contributed by atoms with Gasteiger partial charge < -0.3 is 9.72 Å². The van der Waals surface area contributed by atoms with E-state index in [1.54, 1.807) is 0 Å². The first-order valence-corrected chi connectivity index (χ1v) is 5.66. The van der Waals surface area contributed by atoms with E-state index in [1.165, 1.54) is 31.2 Å². The van der Waals surface area contributed by atoms with Crippen LogP contribution in [-0.4, -0.2) is 17.6 Å². The van der Waals surface area contributed by atoms with Crippen molar-refractivity contribution in [1.82, 2.24) is 4.98 Å². The van der Waals surface area contributed by atoms with Crippen LogP contribution in [0.5, 0.6) is 0 Å². The van der Waals surface area contributed by atoms with Gasteiger partial charge in [-0.05, 0) is 37.3 Å². The smallest absolute Gasteiger partial charge is 0.354 e. The van der Waals surface area contributed by atoms with Crippen LogP contribution in [0, 0.1) is 0 Å². The number of hydrogen-bond donors (Lipinski definition) is 1. The third-order valence-corrected chi connectivity index (χ3v) is 3.03. The quantitative estimate of drug-likeness (QED) is 0.774. The Kier molecular flexibility index (Phi) is 3.09. The summed E-state index contributed by atoms with van der Waals surface area (Å²) in [6.45, 7) is 2.25. The van der Waals surface area contributed by atoms with Gasteiger partial charge in [0.05, 0.1) is 6.61 Å². The molecule has 0 bridgehead atoms. The van der Waals surface area contributed by atoms with Crippen molar-refractivity contribution in [2.75, 3.05) is 6.61 Å². The van der Waals surface area contributed by atoms with E-state index < -0.39 is 0 Å². The van der Waals surface area contributed by atoms with E-state index in [1.807, 2.05) is 19.2 Å². The maximum Gasteiger partial charge on any atom is 0.354 e. The molecule has 1 saturated carbocycles. The third kappa shape index (κ3) is 2.22. The lowest BCUT2D eigenvalue weighted by atomic mass is 10.0. The Bertz CT molecular complexity index is 337. The van der Waals surface area contributed by atoms with Gasteiger partial charge in [0.25, 0.3) is 0 Å². The molecule has 1 aromatic heterocycles. The molecular formula is C12H17NO2. The molecular weight excluding hydrogens is 190 g/mol. The Morgan fingerprint density at radius 1 is 1.53 bits per heavy atom. The van der Waals surface area contributed by atoms with Crippen molar-refractivity contribution in [3.05, 3.63) is 23.5 Å². The van der Waals surface area contributed by atoms with Gasteiger partial charge in [0.1, 0.15) is 5.69 Å². The van der Waals surface area contributed by atoms with E-state index in [9.17, 15) is 4.79 Å². The Morgan fingerprint density at radius 3 is 2.93 bits per heavy atom. The number of carbonyl (C=O) groups is 1. The van der Waals surface area contributed by atoms with E-state index in [0.717, 1.165) is 0 Å². The fourth-order valence-corrected chi connectivity index (χ4v) is 2.23. The standard InChI is InChI=1S/C12H17NO2/c1-2-15-12(14)11-7-10(8-13-11)9-5-3-4-6-9/h7-9,13H,2-6H2,1H3. The molecule has 1 fully saturated rings. The van der Waals surface area contributed by atoms with Crippen molar-refractivity contribution in [1.29, 1.82) is 0 Å². The van der Waals surface area contributed by atoms with E-state index in [0.29, 0.717) is 18.2 Å². The summed E-state index contributed by atoms with van der Waals surface area (Å²) in [6, 6.07) is 1.94. The molecule has 15 heavy (non-hydrogen) atoms. The molecule has 2 rings (SSSR count). The maximum atomic E-state index is 11.4. The molecule has 1 aliphatic carbocycles. The Labute approximate surface area is 89.8 Å². The monoisotopic (exact) mass is 207 g/mol. The van der Waals surface area contributed by atoms with E-state index in [-0.39, 0.29) is 5.97 Å². The zero-order chi connectivity index (χ0) is 10.7. The van der Waals surface area contributed by atoms with Crippen molar-refractivity contribution in [2.45, 2.75) is 38.5 Å². The fourth-order valence-electron chi connectivity index (χ4n) is 2.23. The zero-order valence-corrected chi connectivity index (χ0v) is 9.08. The molecule has 1 N–H and O–H groups in total. The van der Waals surface area contributed by atoms with E-state index >= 15 is 0 Å². The SMILES string of the molecule is CCOC(=O)c1cc(C2CCCC2)c[nH]1. The number of H-pyrrole nitrogens is 1. The van der Waals surface area contributed by atoms with Crippen LogP contribution in [0.4, 0.5) is 0 Å². The minimum Gasteiger partial charge on any atom is -0.461 e. The third-order valence-electron chi connectivity index (χ3n) is 3.03. The minimum atomic E-state index is -0.248. The Hall–Kier alpha value is -1.25. The second-order valence-corrected chi connectivity index (χ2v) is 4.05. The van der Waals surface area contributed by atoms with Gasteiger partial charge in [-0.25, -0.2) is 4.79 Å². The normalized spacial score (nSPS) is 16.9. The summed E-state index contributed by atoms with van der Waals surface area (Å²) < 4.78 is 4.93. The number of aromatic nitrogens is 1. The van der Waals surface area contributed by atoms with Gasteiger partial charge in [-0.3, -0.25) is 0 Å². The molecule has 0 atom stereocenters. The van der Waals surface area contributed by atoms with E-state index in [4.69, 9.17) is 4.74 Å². The van der Waals surface area contributed by atoms with Crippen LogP contribution in [0.2, 0.25) is 0 Å². The maximum absolute atomic E-state index is 11.4. The van der Waals surface area contributed by atoms with Crippen LogP contribution in [-0.2, 0) is 4.74 Å². The lowest BCUT2D eigenvalue weighted by Gasteiger charge is -2.04. The predicted octanol–water partition coefficient (Wildman–Crippen LogP) is 2.85. The first kappa shape index (κ1) is 10.3. The molecule has 1 heterocycles. The number of esters is 1. The highest BCUT2D eigenvalue weighted by atomic mass is 16.5. The van der Waals surface area contributed by atoms with Crippen molar-refractivity contribution in [2.24, 2.45) is 0 Å². The Morgan fingerprint density at radius 2 is 2.27 bits per heavy atom. The molecule has 0 amide bonds. The van der Waals surface area contributed by atoms with Gasteiger partial charge in [0.2, 0.25) is 0 Å². The molecule has 0 saturated heterocycles. The van der Waals surface area contributed by atoms with Gasteiger partial charge in [-0.1, -0.05) is 12.8 Å². The largest absolute Gasteiger partial charge is 0.461 e. The van der Waals surface area contributed by atoms with Gasteiger partial charge in [0.15, 0.2) is 0 Å². The molecule has 3 heteroatoms. The summed E-state index contributed by atoms with van der Waals surface area (Å²) in [6.07, 6.45) is 7.07. The summed E-state index contributed by atoms with van der Waals surface area (Å²) in [4.78, 5) is 14.4. The molecule has 1 aromatic rings. The molecule has 0 aromatic carbocycles. The van der Waals surface area contributed by atoms with Gasteiger partial charge in [-0.15, -0.1) is 0 Å². The van der Waals surface area contributed by atoms with Crippen LogP contribution in [0.15, 0.2) is 12.3 Å². The second-order valence-electron chi connectivity index (χ2n) is 4.05. The van der Waals surface area contributed by atoms with Crippen molar-refractivity contribution in [3.63, 3.8) is 0 Å². The Balaban J connectivity index is 2.06. The highest BCUT2D eigenvalue weighted by Gasteiger charge is 2.19. The van der Waals surface area contributed by atoms with Crippen LogP contribution in [0.3, 0.4) is 0 Å². The first-order valence-electron chi connectivity index (χ1n) is 5.66. The lowest BCUT2D eigenvalue weighted by Crippen LogP contribution is -2.04. The van der Waals surface area contributed by atoms with Gasteiger partial charge >= 0.3 is 5.97 Å². The topological polar surface area (TPSA) is 42.1 Å². The average Bonchev–Trinajstić information content (AvgIpc) is 2.89. The van der Waals surface area contributed by atoms with Crippen molar-refractivity contribution >= 4 is 5.97 Å². The van der Waals surface area contributed by atoms with Crippen molar-refractivity contribution < 1.29 is 9.53 Å². The zero-order valence-electron chi connectivity index (χ0n) is 9.08. The summed E-state index contributed by atoms with van der Waals surface area (Å²) >= 11 is 0. The second kappa shape index (κ2) is 4.51. The summed E-state index contributed by atoms with van der Waals surface area (Å²) in [7, 11) is 0. The molecule has 0 aliphatic heterocycles. The lowest BCUT2D eigenvalue weighted by molar-refractivity contribution is 0.0520. The minimum absolute atomic E-state index is 0.248. The number of ether oxygens (including phenoxy) is 1. The molecule has 0 unspecified atom stereocenters. The number of aromatic amines is 1. The number of hydrogen-bond acceptors (Lipinski definition) is 2. The number of rotatable bonds is 3. The summed E-state index contributed by atoms with van der Waals surface area (Å²) in [5.41, 5.74) is 1.84. The summed E-state index contributed by atoms with van der Waals surface area (Å²) in [5.74, 6) is 0.395. The summed E-state index contributed by atoms with van der Waals surface area (Å²) in [5, 5.41) is 0. The molecule has 0 radical (unpaired) electrons. The van der Waals surface area contributed by atoms with E-state index in [2.05, 4.69) is 4.98 Å². The molecule has 1 aliphatic rings. The molecule has 3 nitrogen and oxygen atoms in total. The number of nitrogens with one attached hydrogen (secondary N) is 1. The van der Waals surface area contributed by atoms with Crippen LogP contribution >= 0.6 is 0 Å². The average molecular weight is 207 g/mol. The van der Waals surface area contributed by atoms with Crippen molar-refractivity contribution in [3.8, 4) is 0 Å². The van der Waals surface area contributed by atoms with Gasteiger partial charge in [-0.2, -0.15) is 0 Å². The van der Waals surface area contributed by atoms with Gasteiger partial charge in [0, 0.05) is 6.20 Å². The number of carbonyl (C=O) groups excluding carboxylic acids is 1. The first-order chi connectivity index (χ1) is 7.31.